The number of hydrogen-bond donors (Lipinski definition) is 2. The van der Waals surface area contributed by atoms with E-state index in [9.17, 15) is 13.6 Å². The molecule has 1 amide bonds. The maximum atomic E-state index is 12.6. The highest BCUT2D eigenvalue weighted by Crippen LogP contribution is 2.31. The molecule has 8 heteroatoms. The van der Waals surface area contributed by atoms with Crippen molar-refractivity contribution in [3.63, 3.8) is 0 Å². The molecule has 0 aromatic heterocycles. The molecule has 1 fully saturated rings. The van der Waals surface area contributed by atoms with Crippen LogP contribution in [0, 0.1) is 0 Å². The van der Waals surface area contributed by atoms with Crippen LogP contribution in [0.3, 0.4) is 0 Å². The summed E-state index contributed by atoms with van der Waals surface area (Å²) in [5.74, 6) is -0.00983. The third-order valence-corrected chi connectivity index (χ3v) is 4.40. The van der Waals surface area contributed by atoms with E-state index in [1.165, 1.54) is 6.07 Å². The minimum Gasteiger partial charge on any atom is -0.433 e. The van der Waals surface area contributed by atoms with Gasteiger partial charge in [-0.15, -0.1) is 12.4 Å². The average Bonchev–Trinajstić information content (AvgIpc) is 3.10. The number of carbonyl (C=O) groups excluding carboxylic acids is 1. The number of anilines is 1. The SMILES string of the molecule is Cl.NCc1ccc(C(=O)NC2CCN(c3ccccc3OC(F)F)C2)cc1. The first kappa shape index (κ1) is 20.9. The molecular weight excluding hydrogens is 376 g/mol. The van der Waals surface area contributed by atoms with Gasteiger partial charge in [0.25, 0.3) is 5.91 Å². The maximum Gasteiger partial charge on any atom is 0.387 e. The lowest BCUT2D eigenvalue weighted by atomic mass is 10.1. The fraction of sp³-hybridized carbons (Fsp3) is 0.316. The highest BCUT2D eigenvalue weighted by Gasteiger charge is 2.26. The van der Waals surface area contributed by atoms with E-state index in [1.807, 2.05) is 17.0 Å². The number of benzene rings is 2. The van der Waals surface area contributed by atoms with Crippen LogP contribution in [0.5, 0.6) is 5.75 Å². The zero-order valence-electron chi connectivity index (χ0n) is 14.6. The molecule has 5 nitrogen and oxygen atoms in total. The Balaban J connectivity index is 0.00000261. The lowest BCUT2D eigenvalue weighted by molar-refractivity contribution is -0.0495. The van der Waals surface area contributed by atoms with Crippen LogP contribution in [0.4, 0.5) is 14.5 Å². The number of nitrogens with two attached hydrogens (primary N) is 1. The van der Waals surface area contributed by atoms with Crippen molar-refractivity contribution in [2.75, 3.05) is 18.0 Å². The van der Waals surface area contributed by atoms with Crippen LogP contribution in [0.2, 0.25) is 0 Å². The topological polar surface area (TPSA) is 67.6 Å². The fourth-order valence-corrected chi connectivity index (χ4v) is 3.07. The molecule has 1 heterocycles. The molecule has 0 saturated carbocycles. The number of halogens is 3. The van der Waals surface area contributed by atoms with Crippen molar-refractivity contribution in [3.05, 3.63) is 59.7 Å². The second-order valence-corrected chi connectivity index (χ2v) is 6.15. The van der Waals surface area contributed by atoms with E-state index in [4.69, 9.17) is 5.73 Å². The van der Waals surface area contributed by atoms with Crippen LogP contribution in [0.25, 0.3) is 0 Å². The van der Waals surface area contributed by atoms with Gasteiger partial charge < -0.3 is 20.7 Å². The van der Waals surface area contributed by atoms with Gasteiger partial charge in [-0.2, -0.15) is 8.78 Å². The fourth-order valence-electron chi connectivity index (χ4n) is 3.07. The Labute approximate surface area is 162 Å². The standard InChI is InChI=1S/C19H21F2N3O2.ClH/c20-19(21)26-17-4-2-1-3-16(17)24-10-9-15(12-24)23-18(25)14-7-5-13(11-22)6-8-14;/h1-8,15,19H,9-12,22H2,(H,23,25);1H. The first-order valence-electron chi connectivity index (χ1n) is 8.45. The molecule has 1 atom stereocenters. The van der Waals surface area contributed by atoms with Crippen molar-refractivity contribution in [2.24, 2.45) is 5.73 Å². The van der Waals surface area contributed by atoms with Gasteiger partial charge in [-0.3, -0.25) is 4.79 Å². The average molecular weight is 398 g/mol. The smallest absolute Gasteiger partial charge is 0.387 e. The number of alkyl halides is 2. The molecule has 1 aliphatic rings. The van der Waals surface area contributed by atoms with Gasteiger partial charge in [-0.05, 0) is 36.2 Å². The van der Waals surface area contributed by atoms with Crippen molar-refractivity contribution in [2.45, 2.75) is 25.6 Å². The predicted molar refractivity (Wildman–Crippen MR) is 103 cm³/mol. The first-order chi connectivity index (χ1) is 12.6. The molecule has 1 unspecified atom stereocenters. The van der Waals surface area contributed by atoms with Gasteiger partial charge in [0, 0.05) is 31.2 Å². The van der Waals surface area contributed by atoms with Gasteiger partial charge in [0.2, 0.25) is 0 Å². The number of rotatable bonds is 6. The normalized spacial score (nSPS) is 16.1. The summed E-state index contributed by atoms with van der Waals surface area (Å²) in [4.78, 5) is 14.3. The van der Waals surface area contributed by atoms with Crippen LogP contribution in [-0.4, -0.2) is 31.7 Å². The van der Waals surface area contributed by atoms with Crippen LogP contribution >= 0.6 is 12.4 Å². The predicted octanol–water partition coefficient (Wildman–Crippen LogP) is 3.18. The van der Waals surface area contributed by atoms with Gasteiger partial charge in [0.05, 0.1) is 5.69 Å². The number of ether oxygens (including phenoxy) is 1. The molecule has 1 aliphatic heterocycles. The zero-order valence-corrected chi connectivity index (χ0v) is 15.4. The Morgan fingerprint density at radius 3 is 2.59 bits per heavy atom. The number of hydrogen-bond acceptors (Lipinski definition) is 4. The summed E-state index contributed by atoms with van der Waals surface area (Å²) in [6, 6.07) is 13.8. The molecule has 0 bridgehead atoms. The summed E-state index contributed by atoms with van der Waals surface area (Å²) in [6.07, 6.45) is 0.732. The van der Waals surface area contributed by atoms with E-state index in [2.05, 4.69) is 10.1 Å². The van der Waals surface area contributed by atoms with Gasteiger partial charge in [-0.25, -0.2) is 0 Å². The molecule has 3 N–H and O–H groups in total. The van der Waals surface area contributed by atoms with Crippen LogP contribution in [0.1, 0.15) is 22.3 Å². The Bertz CT molecular complexity index is 759. The molecule has 27 heavy (non-hydrogen) atoms. The minimum atomic E-state index is -2.87. The number of para-hydroxylation sites is 2. The van der Waals surface area contributed by atoms with Crippen molar-refractivity contribution in [3.8, 4) is 5.75 Å². The van der Waals surface area contributed by atoms with Gasteiger partial charge in [-0.1, -0.05) is 24.3 Å². The Kier molecular flexibility index (Phi) is 7.38. The number of nitrogens with zero attached hydrogens (tertiary/aromatic N) is 1. The second kappa shape index (κ2) is 9.53. The molecular formula is C19H22ClF2N3O2. The lowest BCUT2D eigenvalue weighted by Crippen LogP contribution is -2.37. The Morgan fingerprint density at radius 1 is 1.22 bits per heavy atom. The van der Waals surface area contributed by atoms with E-state index in [1.54, 1.807) is 30.3 Å². The number of amides is 1. The number of nitrogens with one attached hydrogen (secondary N) is 1. The molecule has 2 aromatic carbocycles. The van der Waals surface area contributed by atoms with E-state index in [0.29, 0.717) is 30.9 Å². The first-order valence-corrected chi connectivity index (χ1v) is 8.45. The quantitative estimate of drug-likeness (QED) is 0.785. The van der Waals surface area contributed by atoms with Crippen molar-refractivity contribution in [1.82, 2.24) is 5.32 Å². The van der Waals surface area contributed by atoms with Crippen LogP contribution in [0.15, 0.2) is 48.5 Å². The van der Waals surface area contributed by atoms with Crippen molar-refractivity contribution >= 4 is 24.0 Å². The minimum absolute atomic E-state index is 0. The monoisotopic (exact) mass is 397 g/mol. The van der Waals surface area contributed by atoms with Crippen LogP contribution in [-0.2, 0) is 6.54 Å². The van der Waals surface area contributed by atoms with Crippen molar-refractivity contribution < 1.29 is 18.3 Å². The van der Waals surface area contributed by atoms with E-state index < -0.39 is 6.61 Å². The molecule has 1 saturated heterocycles. The summed E-state index contributed by atoms with van der Waals surface area (Å²) in [5.41, 5.74) is 7.70. The Morgan fingerprint density at radius 2 is 1.93 bits per heavy atom. The zero-order chi connectivity index (χ0) is 18.5. The summed E-state index contributed by atoms with van der Waals surface area (Å²) in [5, 5.41) is 2.99. The van der Waals surface area contributed by atoms with Gasteiger partial charge >= 0.3 is 6.61 Å². The largest absolute Gasteiger partial charge is 0.433 e. The van der Waals surface area contributed by atoms with E-state index in [-0.39, 0.29) is 30.1 Å². The lowest BCUT2D eigenvalue weighted by Gasteiger charge is -2.22. The number of carbonyl (C=O) groups is 1. The summed E-state index contributed by atoms with van der Waals surface area (Å²) in [7, 11) is 0. The Hall–Kier alpha value is -2.38. The van der Waals surface area contributed by atoms with Crippen molar-refractivity contribution in [1.29, 1.82) is 0 Å². The molecule has 0 radical (unpaired) electrons. The second-order valence-electron chi connectivity index (χ2n) is 6.15. The summed E-state index contributed by atoms with van der Waals surface area (Å²) < 4.78 is 29.7. The molecule has 2 aromatic rings. The van der Waals surface area contributed by atoms with Gasteiger partial charge in [0.15, 0.2) is 0 Å². The highest BCUT2D eigenvalue weighted by molar-refractivity contribution is 5.94. The van der Waals surface area contributed by atoms with E-state index >= 15 is 0 Å². The summed E-state index contributed by atoms with van der Waals surface area (Å²) in [6.45, 7) is -1.25. The van der Waals surface area contributed by atoms with E-state index in [0.717, 1.165) is 12.0 Å². The molecule has 0 aliphatic carbocycles. The molecule has 3 rings (SSSR count). The van der Waals surface area contributed by atoms with Gasteiger partial charge in [0.1, 0.15) is 5.75 Å². The highest BCUT2D eigenvalue weighted by atomic mass is 35.5. The third kappa shape index (κ3) is 5.30. The molecule has 0 spiro atoms. The third-order valence-electron chi connectivity index (χ3n) is 4.40. The maximum absolute atomic E-state index is 12.6. The van der Waals surface area contributed by atoms with Crippen LogP contribution < -0.4 is 20.7 Å². The summed E-state index contributed by atoms with van der Waals surface area (Å²) >= 11 is 0. The molecule has 146 valence electrons.